The standard InChI is InChI=1S/C74H137NO28/c1-3-5-7-9-11-13-15-17-18-19-20-21-22-23-24-25-26-28-30-32-34-36-38-40-54(82)75-47(48(81)39-37-35-33-31-29-27-16-14-12-10-8-6-4-2)46-94-70-62(90)59(87)66(52(44-79)98-70)100-72-63(91)60(88)67(53(45-80)99-72)101-73-64(92)69(57(85)50(42-77)96-73)103-74-65(93)68(56(84)51(43-78)97-74)102-71-61(89)58(86)55(83)49(41-76)95-71/h37,39,47-53,55-74,76-81,83-93H,3-36,38,40-46H2,1-2H3,(H,75,82)/b39-37+/t47-,48+,49?,50?,51?,52?,53?,55-,56-,57-,58-,59+,60+,61?,62?,63?,64?,65?,66+,67-,68-,69-,70+,71+,72-,73-,74+/m0/s1. The number of carbonyl (C=O) groups excluding carboxylic acids is 1. The fourth-order valence-electron chi connectivity index (χ4n) is 14.2. The second-order valence-electron chi connectivity index (χ2n) is 29.2. The Morgan fingerprint density at radius 1 is 0.340 bits per heavy atom. The maximum absolute atomic E-state index is 13.5. The summed E-state index contributed by atoms with van der Waals surface area (Å²) in [7, 11) is 0. The van der Waals surface area contributed by atoms with Crippen LogP contribution in [0.5, 0.6) is 0 Å². The van der Waals surface area contributed by atoms with Crippen LogP contribution in [0, 0.1) is 0 Å². The number of aliphatic hydroxyl groups excluding tert-OH is 17. The lowest BCUT2D eigenvalue weighted by atomic mass is 9.95. The highest BCUT2D eigenvalue weighted by Gasteiger charge is 2.57. The van der Waals surface area contributed by atoms with Gasteiger partial charge >= 0.3 is 0 Å². The highest BCUT2D eigenvalue weighted by Crippen LogP contribution is 2.37. The Balaban J connectivity index is 1.11. The molecule has 10 unspecified atom stereocenters. The monoisotopic (exact) mass is 1490 g/mol. The Morgan fingerprint density at radius 3 is 1.00 bits per heavy atom. The van der Waals surface area contributed by atoms with Gasteiger partial charge in [0.25, 0.3) is 0 Å². The molecule has 0 spiro atoms. The molecule has 29 heteroatoms. The quantitative estimate of drug-likeness (QED) is 0.0307. The first-order chi connectivity index (χ1) is 49.8. The fourth-order valence-corrected chi connectivity index (χ4v) is 14.2. The molecule has 1 amide bonds. The Labute approximate surface area is 610 Å². The minimum absolute atomic E-state index is 0.202. The van der Waals surface area contributed by atoms with Gasteiger partial charge in [-0.3, -0.25) is 4.79 Å². The first-order valence-electron chi connectivity index (χ1n) is 39.5. The van der Waals surface area contributed by atoms with Crippen LogP contribution in [0.25, 0.3) is 0 Å². The minimum Gasteiger partial charge on any atom is -0.394 e. The van der Waals surface area contributed by atoms with E-state index in [9.17, 15) is 91.6 Å². The van der Waals surface area contributed by atoms with E-state index in [-0.39, 0.29) is 12.3 Å². The number of nitrogens with one attached hydrogen (secondary N) is 1. The lowest BCUT2D eigenvalue weighted by molar-refractivity contribution is -0.394. The lowest BCUT2D eigenvalue weighted by Gasteiger charge is -2.49. The fraction of sp³-hybridized carbons (Fsp3) is 0.959. The van der Waals surface area contributed by atoms with Crippen molar-refractivity contribution >= 4 is 5.91 Å². The van der Waals surface area contributed by atoms with Crippen molar-refractivity contribution in [2.75, 3.05) is 39.6 Å². The third-order valence-corrected chi connectivity index (χ3v) is 20.8. The van der Waals surface area contributed by atoms with Gasteiger partial charge in [-0.2, -0.15) is 0 Å². The van der Waals surface area contributed by atoms with Crippen LogP contribution < -0.4 is 5.32 Å². The number of ether oxygens (including phenoxy) is 10. The molecular formula is C74H137NO28. The van der Waals surface area contributed by atoms with E-state index in [4.69, 9.17) is 47.4 Å². The molecule has 0 saturated carbocycles. The van der Waals surface area contributed by atoms with Crippen molar-refractivity contribution < 1.29 is 139 Å². The summed E-state index contributed by atoms with van der Waals surface area (Å²) in [4.78, 5) is 13.5. The Morgan fingerprint density at radius 2 is 0.631 bits per heavy atom. The van der Waals surface area contributed by atoms with Crippen molar-refractivity contribution in [2.45, 2.75) is 411 Å². The number of hydrogen-bond acceptors (Lipinski definition) is 28. The van der Waals surface area contributed by atoms with E-state index in [0.29, 0.717) is 12.8 Å². The minimum atomic E-state index is -2.18. The van der Waals surface area contributed by atoms with Crippen LogP contribution in [0.15, 0.2) is 12.2 Å². The Kier molecular flexibility index (Phi) is 46.6. The van der Waals surface area contributed by atoms with Gasteiger partial charge in [0.15, 0.2) is 31.5 Å². The molecule has 0 bridgehead atoms. The van der Waals surface area contributed by atoms with Gasteiger partial charge in [-0.25, -0.2) is 0 Å². The third-order valence-electron chi connectivity index (χ3n) is 20.8. The summed E-state index contributed by atoms with van der Waals surface area (Å²) in [6.45, 7) is -0.628. The molecule has 5 saturated heterocycles. The van der Waals surface area contributed by atoms with Gasteiger partial charge in [0.1, 0.15) is 122 Å². The summed E-state index contributed by atoms with van der Waals surface area (Å²) in [5.41, 5.74) is 0. The molecule has 29 nitrogen and oxygen atoms in total. The Bertz CT molecular complexity index is 2160. The zero-order chi connectivity index (χ0) is 75.1. The average Bonchev–Trinajstić information content (AvgIpc) is 0.777. The predicted molar refractivity (Wildman–Crippen MR) is 375 cm³/mol. The van der Waals surface area contributed by atoms with Gasteiger partial charge < -0.3 is 139 Å². The lowest BCUT2D eigenvalue weighted by Crippen LogP contribution is -2.68. The van der Waals surface area contributed by atoms with Crippen molar-refractivity contribution in [3.63, 3.8) is 0 Å². The van der Waals surface area contributed by atoms with Crippen molar-refractivity contribution in [1.82, 2.24) is 5.32 Å². The van der Waals surface area contributed by atoms with Gasteiger partial charge in [-0.15, -0.1) is 0 Å². The number of allylic oxidation sites excluding steroid dienone is 1. The number of hydrogen-bond donors (Lipinski definition) is 18. The molecule has 0 radical (unpaired) electrons. The molecule has 5 heterocycles. The van der Waals surface area contributed by atoms with Crippen LogP contribution in [0.3, 0.4) is 0 Å². The molecule has 5 aliphatic rings. The topological polar surface area (TPSA) is 465 Å². The SMILES string of the molecule is CCCCCCCCCCCCC/C=C/[C@@H](O)[C@H](CO[C@@H]1OC(CO)[C@@H](O[C@@H]2OC(CO)[C@H](O[C@@H]3OC(CO)[C@H](O)[C@H](O[C@H]4OC(CO)[C@H](O)[C@H](O[C@H]5OC(CO)[C@H](O)[C@H](O)C5O)C4O)C3O)[C@H](O)C2O)[C@H](O)C1O)NC(=O)CCCCCCCCCCCCCCCCCCCCCCCCC. The molecule has 27 atom stereocenters. The molecular weight excluding hydrogens is 1350 g/mol. The molecule has 0 aromatic rings. The number of unbranched alkanes of at least 4 members (excludes halogenated alkanes) is 33. The molecule has 606 valence electrons. The molecule has 0 aliphatic carbocycles. The summed E-state index contributed by atoms with van der Waals surface area (Å²) in [5.74, 6) is -0.316. The smallest absolute Gasteiger partial charge is 0.220 e. The van der Waals surface area contributed by atoms with Crippen molar-refractivity contribution in [3.05, 3.63) is 12.2 Å². The average molecular weight is 1490 g/mol. The van der Waals surface area contributed by atoms with Crippen molar-refractivity contribution in [1.29, 1.82) is 0 Å². The van der Waals surface area contributed by atoms with Gasteiger partial charge in [0.05, 0.1) is 51.8 Å². The van der Waals surface area contributed by atoms with E-state index in [1.165, 1.54) is 167 Å². The maximum atomic E-state index is 13.5. The zero-order valence-corrected chi connectivity index (χ0v) is 61.5. The first kappa shape index (κ1) is 91.7. The van der Waals surface area contributed by atoms with E-state index >= 15 is 0 Å². The normalized spacial score (nSPS) is 35.0. The molecule has 5 aliphatic heterocycles. The molecule has 5 rings (SSSR count). The first-order valence-corrected chi connectivity index (χ1v) is 39.5. The zero-order valence-electron chi connectivity index (χ0n) is 61.5. The Hall–Kier alpha value is -1.87. The van der Waals surface area contributed by atoms with Gasteiger partial charge in [0, 0.05) is 6.42 Å². The van der Waals surface area contributed by atoms with Crippen LogP contribution >= 0.6 is 0 Å². The van der Waals surface area contributed by atoms with E-state index in [0.717, 1.165) is 44.9 Å². The second kappa shape index (κ2) is 52.3. The van der Waals surface area contributed by atoms with Crippen LogP contribution in [0.1, 0.15) is 245 Å². The van der Waals surface area contributed by atoms with Gasteiger partial charge in [0.2, 0.25) is 5.91 Å². The molecule has 0 aromatic carbocycles. The second-order valence-corrected chi connectivity index (χ2v) is 29.2. The number of amides is 1. The number of rotatable bonds is 55. The highest BCUT2D eigenvalue weighted by molar-refractivity contribution is 5.76. The van der Waals surface area contributed by atoms with E-state index in [1.54, 1.807) is 6.08 Å². The van der Waals surface area contributed by atoms with Crippen LogP contribution in [-0.2, 0) is 52.2 Å². The largest absolute Gasteiger partial charge is 0.394 e. The van der Waals surface area contributed by atoms with E-state index in [1.807, 2.05) is 6.08 Å². The highest BCUT2D eigenvalue weighted by atomic mass is 16.8. The van der Waals surface area contributed by atoms with Crippen molar-refractivity contribution in [3.8, 4) is 0 Å². The van der Waals surface area contributed by atoms with E-state index < -0.39 is 205 Å². The number of carbonyl (C=O) groups is 1. The van der Waals surface area contributed by atoms with Crippen LogP contribution in [0.4, 0.5) is 0 Å². The summed E-state index contributed by atoms with van der Waals surface area (Å²) in [5, 5.41) is 188. The molecule has 18 N–H and O–H groups in total. The van der Waals surface area contributed by atoms with Crippen LogP contribution in [0.2, 0.25) is 0 Å². The van der Waals surface area contributed by atoms with E-state index in [2.05, 4.69) is 19.2 Å². The third kappa shape index (κ3) is 30.7. The summed E-state index contributed by atoms with van der Waals surface area (Å²) >= 11 is 0. The summed E-state index contributed by atoms with van der Waals surface area (Å²) in [6, 6.07) is -1.03. The summed E-state index contributed by atoms with van der Waals surface area (Å²) in [6.07, 6.45) is -2.26. The molecule has 5 fully saturated rings. The van der Waals surface area contributed by atoms with Gasteiger partial charge in [-0.1, -0.05) is 231 Å². The number of aliphatic hydroxyl groups is 17. The predicted octanol–water partition coefficient (Wildman–Crippen LogP) is 2.59. The molecule has 103 heavy (non-hydrogen) atoms. The van der Waals surface area contributed by atoms with Gasteiger partial charge in [-0.05, 0) is 19.3 Å². The summed E-state index contributed by atoms with van der Waals surface area (Å²) < 4.78 is 57.5. The maximum Gasteiger partial charge on any atom is 0.220 e. The van der Waals surface area contributed by atoms with Crippen molar-refractivity contribution in [2.24, 2.45) is 0 Å². The van der Waals surface area contributed by atoms with Crippen LogP contribution in [-0.4, -0.2) is 298 Å². The molecule has 0 aromatic heterocycles.